The van der Waals surface area contributed by atoms with E-state index < -0.39 is 12.1 Å². The molecule has 0 aromatic rings. The quantitative estimate of drug-likeness (QED) is 0.0320. The number of esters is 1. The van der Waals surface area contributed by atoms with Gasteiger partial charge in [0.15, 0.2) is 0 Å². The monoisotopic (exact) mass is 1260 g/mol. The topological polar surface area (TPSA) is 95.9 Å². The first-order valence-electron chi connectivity index (χ1n) is 40.9. The summed E-state index contributed by atoms with van der Waals surface area (Å²) in [5, 5.41) is 23.3. The summed E-state index contributed by atoms with van der Waals surface area (Å²) < 4.78 is 5.50. The van der Waals surface area contributed by atoms with Crippen molar-refractivity contribution >= 4 is 11.9 Å². The van der Waals surface area contributed by atoms with E-state index in [0.717, 1.165) is 51.4 Å². The highest BCUT2D eigenvalue weighted by atomic mass is 16.5. The van der Waals surface area contributed by atoms with E-state index in [1.54, 1.807) is 6.08 Å². The van der Waals surface area contributed by atoms with Crippen molar-refractivity contribution in [2.45, 2.75) is 463 Å². The van der Waals surface area contributed by atoms with Crippen LogP contribution in [0.1, 0.15) is 450 Å². The van der Waals surface area contributed by atoms with Gasteiger partial charge in [-0.05, 0) is 89.9 Å². The molecule has 2 unspecified atom stereocenters. The minimum atomic E-state index is -0.844. The molecule has 0 rings (SSSR count). The summed E-state index contributed by atoms with van der Waals surface area (Å²) in [7, 11) is 0. The van der Waals surface area contributed by atoms with Crippen LogP contribution in [0.5, 0.6) is 0 Å². The van der Waals surface area contributed by atoms with Gasteiger partial charge < -0.3 is 20.3 Å². The number of unbranched alkanes of at least 4 members (excludes halogenated alkanes) is 60. The van der Waals surface area contributed by atoms with Crippen LogP contribution in [0, 0.1) is 0 Å². The maximum Gasteiger partial charge on any atom is 0.305 e. The van der Waals surface area contributed by atoms with E-state index in [4.69, 9.17) is 4.74 Å². The number of hydrogen-bond acceptors (Lipinski definition) is 5. The van der Waals surface area contributed by atoms with Gasteiger partial charge in [-0.1, -0.05) is 396 Å². The summed E-state index contributed by atoms with van der Waals surface area (Å²) in [6.45, 7) is 4.93. The Morgan fingerprint density at radius 3 is 0.867 bits per heavy atom. The Hall–Kier alpha value is -2.18. The first-order valence-corrected chi connectivity index (χ1v) is 40.9. The second kappa shape index (κ2) is 79.3. The number of carbonyl (C=O) groups is 2. The molecule has 530 valence electrons. The summed E-state index contributed by atoms with van der Waals surface area (Å²) in [6.07, 6.45) is 105. The van der Waals surface area contributed by atoms with Crippen LogP contribution in [0.25, 0.3) is 0 Å². The van der Waals surface area contributed by atoms with Gasteiger partial charge >= 0.3 is 5.97 Å². The highest BCUT2D eigenvalue weighted by Gasteiger charge is 2.18. The van der Waals surface area contributed by atoms with Crippen LogP contribution >= 0.6 is 0 Å². The lowest BCUT2D eigenvalue weighted by molar-refractivity contribution is -0.143. The third-order valence-corrected chi connectivity index (χ3v) is 19.1. The molecule has 0 saturated heterocycles. The first-order chi connectivity index (χ1) is 44.5. The molecule has 2 atom stereocenters. The van der Waals surface area contributed by atoms with Gasteiger partial charge in [0, 0.05) is 12.8 Å². The molecule has 0 aromatic carbocycles. The van der Waals surface area contributed by atoms with Crippen molar-refractivity contribution in [2.75, 3.05) is 13.2 Å². The van der Waals surface area contributed by atoms with Gasteiger partial charge in [0.05, 0.1) is 25.4 Å². The molecular formula is C84H159NO5. The SMILES string of the molecule is CCCCCC/C=C\C/C=C\CCCCCCCC(=O)OCCCCCCCCCCCCCCCC/C=C\CCCCCCCCCCCCCCCCCCCC(=O)NC(CO)C(O)/C=C/CCCCCCCCCCCCCCCCCCCCCC. The Labute approximate surface area is 563 Å². The third-order valence-electron chi connectivity index (χ3n) is 19.1. The van der Waals surface area contributed by atoms with Crippen LogP contribution < -0.4 is 5.32 Å². The minimum Gasteiger partial charge on any atom is -0.466 e. The highest BCUT2D eigenvalue weighted by Crippen LogP contribution is 2.20. The lowest BCUT2D eigenvalue weighted by atomic mass is 10.0. The Morgan fingerprint density at radius 2 is 0.556 bits per heavy atom. The first kappa shape index (κ1) is 87.8. The molecule has 0 spiro atoms. The van der Waals surface area contributed by atoms with Crippen molar-refractivity contribution in [1.29, 1.82) is 0 Å². The highest BCUT2D eigenvalue weighted by molar-refractivity contribution is 5.76. The van der Waals surface area contributed by atoms with E-state index >= 15 is 0 Å². The zero-order valence-corrected chi connectivity index (χ0v) is 60.9. The molecule has 0 aliphatic carbocycles. The van der Waals surface area contributed by atoms with Crippen LogP contribution in [0.4, 0.5) is 0 Å². The van der Waals surface area contributed by atoms with Crippen molar-refractivity contribution < 1.29 is 24.5 Å². The second-order valence-electron chi connectivity index (χ2n) is 28.1. The standard InChI is InChI=1S/C84H159NO5/c1-3-5-7-9-11-13-15-17-19-21-22-23-39-42-45-48-52-56-60-64-68-72-76-82(87)81(80-86)85-83(88)77-73-69-65-61-57-53-49-46-43-40-37-35-33-31-29-27-25-24-26-28-30-32-34-36-38-41-44-47-51-55-59-63-67-71-75-79-90-84(89)78-74-70-66-62-58-54-50-20-18-16-14-12-10-8-6-4-2/h14,16,20,26,28,50,72,76,81-82,86-87H,3-13,15,17-19,21-25,27,29-49,51-71,73-75,77-80H2,1-2H3,(H,85,88)/b16-14-,28-26-,50-20-,76-72+. The van der Waals surface area contributed by atoms with E-state index in [9.17, 15) is 19.8 Å². The van der Waals surface area contributed by atoms with Gasteiger partial charge in [-0.15, -0.1) is 0 Å². The number of nitrogens with one attached hydrogen (secondary N) is 1. The van der Waals surface area contributed by atoms with Gasteiger partial charge in [0.2, 0.25) is 5.91 Å². The predicted molar refractivity (Wildman–Crippen MR) is 398 cm³/mol. The number of amides is 1. The van der Waals surface area contributed by atoms with Gasteiger partial charge in [-0.2, -0.15) is 0 Å². The van der Waals surface area contributed by atoms with Crippen molar-refractivity contribution in [1.82, 2.24) is 5.32 Å². The van der Waals surface area contributed by atoms with Crippen LogP contribution in [0.2, 0.25) is 0 Å². The fourth-order valence-corrected chi connectivity index (χ4v) is 12.8. The third kappa shape index (κ3) is 74.9. The lowest BCUT2D eigenvalue weighted by Crippen LogP contribution is -2.45. The number of allylic oxidation sites excluding steroid dienone is 7. The largest absolute Gasteiger partial charge is 0.466 e. The Balaban J connectivity index is 3.37. The van der Waals surface area contributed by atoms with Crippen molar-refractivity contribution in [3.8, 4) is 0 Å². The average molecular weight is 1260 g/mol. The minimum absolute atomic E-state index is 0.00698. The molecule has 0 aliphatic heterocycles. The molecule has 0 aromatic heterocycles. The van der Waals surface area contributed by atoms with Crippen molar-refractivity contribution in [3.05, 3.63) is 48.6 Å². The normalized spacial score (nSPS) is 12.7. The van der Waals surface area contributed by atoms with E-state index in [1.165, 1.54) is 372 Å². The molecule has 0 saturated carbocycles. The number of aliphatic hydroxyl groups excluding tert-OH is 2. The number of ether oxygens (including phenoxy) is 1. The van der Waals surface area contributed by atoms with E-state index in [-0.39, 0.29) is 18.5 Å². The lowest BCUT2D eigenvalue weighted by Gasteiger charge is -2.20. The summed E-state index contributed by atoms with van der Waals surface area (Å²) in [5.74, 6) is -0.0530. The molecule has 3 N–H and O–H groups in total. The number of rotatable bonds is 77. The fourth-order valence-electron chi connectivity index (χ4n) is 12.8. The predicted octanol–water partition coefficient (Wildman–Crippen LogP) is 27.2. The molecule has 0 radical (unpaired) electrons. The smallest absolute Gasteiger partial charge is 0.305 e. The number of aliphatic hydroxyl groups is 2. The summed E-state index contributed by atoms with van der Waals surface area (Å²) >= 11 is 0. The molecular weight excluding hydrogens is 1100 g/mol. The summed E-state index contributed by atoms with van der Waals surface area (Å²) in [6, 6.07) is -0.627. The zero-order valence-electron chi connectivity index (χ0n) is 60.9. The summed E-state index contributed by atoms with van der Waals surface area (Å²) in [4.78, 5) is 24.6. The molecule has 6 heteroatoms. The van der Waals surface area contributed by atoms with Gasteiger partial charge in [0.25, 0.3) is 0 Å². The Kier molecular flexibility index (Phi) is 77.3. The van der Waals surface area contributed by atoms with Crippen LogP contribution in [0.3, 0.4) is 0 Å². The second-order valence-corrected chi connectivity index (χ2v) is 28.1. The maximum atomic E-state index is 12.6. The molecule has 0 fully saturated rings. The molecule has 1 amide bonds. The van der Waals surface area contributed by atoms with Crippen LogP contribution in [-0.2, 0) is 14.3 Å². The fraction of sp³-hybridized carbons (Fsp3) is 0.881. The van der Waals surface area contributed by atoms with Crippen LogP contribution in [-0.4, -0.2) is 47.4 Å². The molecule has 90 heavy (non-hydrogen) atoms. The van der Waals surface area contributed by atoms with Crippen molar-refractivity contribution in [2.24, 2.45) is 0 Å². The number of hydrogen-bond donors (Lipinski definition) is 3. The number of carbonyl (C=O) groups excluding carboxylic acids is 2. The van der Waals surface area contributed by atoms with Crippen LogP contribution in [0.15, 0.2) is 48.6 Å². The summed E-state index contributed by atoms with van der Waals surface area (Å²) in [5.41, 5.74) is 0. The van der Waals surface area contributed by atoms with Gasteiger partial charge in [-0.25, -0.2) is 0 Å². The molecule has 0 aliphatic rings. The van der Waals surface area contributed by atoms with E-state index in [0.29, 0.717) is 19.4 Å². The molecule has 0 bridgehead atoms. The average Bonchev–Trinajstić information content (AvgIpc) is 3.60. The van der Waals surface area contributed by atoms with E-state index in [2.05, 4.69) is 55.6 Å². The van der Waals surface area contributed by atoms with Gasteiger partial charge in [0.1, 0.15) is 0 Å². The molecule has 0 heterocycles. The van der Waals surface area contributed by atoms with E-state index in [1.807, 2.05) is 6.08 Å². The maximum absolute atomic E-state index is 12.6. The molecule has 6 nitrogen and oxygen atoms in total. The zero-order chi connectivity index (χ0) is 64.9. The Morgan fingerprint density at radius 1 is 0.311 bits per heavy atom. The van der Waals surface area contributed by atoms with Crippen molar-refractivity contribution in [3.63, 3.8) is 0 Å². The van der Waals surface area contributed by atoms with Gasteiger partial charge in [-0.3, -0.25) is 9.59 Å². The Bertz CT molecular complexity index is 1500.